The smallest absolute Gasteiger partial charge is 0.322 e. The largest absolute Gasteiger partial charge is 0.480 e. The summed E-state index contributed by atoms with van der Waals surface area (Å²) in [4.78, 5) is 11.4. The van der Waals surface area contributed by atoms with E-state index < -0.39 is 28.1 Å². The molecule has 0 bridgehead atoms. The molecule has 124 valence electrons. The molecule has 23 heavy (non-hydrogen) atoms. The van der Waals surface area contributed by atoms with Gasteiger partial charge >= 0.3 is 5.97 Å². The number of para-hydroxylation sites is 1. The summed E-state index contributed by atoms with van der Waals surface area (Å²) in [5.41, 5.74) is 0.443. The molecular formula is C15H17NO6S. The lowest BCUT2D eigenvalue weighted by molar-refractivity contribution is -0.140. The van der Waals surface area contributed by atoms with Crippen LogP contribution < -0.4 is 0 Å². The highest BCUT2D eigenvalue weighted by Gasteiger charge is 2.45. The number of ether oxygens (including phenoxy) is 1. The third kappa shape index (κ3) is 2.85. The molecule has 2 heterocycles. The Morgan fingerprint density at radius 2 is 2.17 bits per heavy atom. The predicted molar refractivity (Wildman–Crippen MR) is 81.6 cm³/mol. The number of sulfonamides is 1. The number of carboxylic acids is 1. The minimum absolute atomic E-state index is 0.00415. The van der Waals surface area contributed by atoms with E-state index in [1.165, 1.54) is 6.07 Å². The number of fused-ring (bicyclic) bond motifs is 1. The molecule has 3 rings (SSSR count). The van der Waals surface area contributed by atoms with Crippen LogP contribution in [-0.2, 0) is 19.6 Å². The minimum atomic E-state index is -4.04. The fourth-order valence-corrected chi connectivity index (χ4v) is 4.39. The van der Waals surface area contributed by atoms with Crippen molar-refractivity contribution in [2.24, 2.45) is 0 Å². The molecular weight excluding hydrogens is 322 g/mol. The molecule has 2 aromatic rings. The standard InChI is InChI=1S/C15H17NO6S/c1-2-21-11-8-12(15(17)18)16(9-11)23(19,20)14-7-10-5-3-4-6-13(10)22-14/h3-7,11-12H,2,8-9H2,1H3,(H,17,18)/t11-,12+/m1/s1. The lowest BCUT2D eigenvalue weighted by atomic mass is 10.2. The molecule has 0 spiro atoms. The van der Waals surface area contributed by atoms with Gasteiger partial charge in [0.2, 0.25) is 5.09 Å². The summed E-state index contributed by atoms with van der Waals surface area (Å²) in [5, 5.41) is 9.73. The van der Waals surface area contributed by atoms with Gasteiger partial charge in [-0.15, -0.1) is 0 Å². The lowest BCUT2D eigenvalue weighted by Gasteiger charge is -2.19. The van der Waals surface area contributed by atoms with Crippen molar-refractivity contribution in [3.63, 3.8) is 0 Å². The molecule has 1 fully saturated rings. The Morgan fingerprint density at radius 3 is 2.83 bits per heavy atom. The van der Waals surface area contributed by atoms with Crippen LogP contribution in [0.25, 0.3) is 11.0 Å². The molecule has 1 aromatic heterocycles. The Balaban J connectivity index is 1.98. The van der Waals surface area contributed by atoms with Gasteiger partial charge in [0.1, 0.15) is 11.6 Å². The van der Waals surface area contributed by atoms with Gasteiger partial charge in [0.15, 0.2) is 0 Å². The Bertz CT molecular complexity index is 794. The zero-order valence-electron chi connectivity index (χ0n) is 12.5. The van der Waals surface area contributed by atoms with Crippen molar-refractivity contribution < 1.29 is 27.5 Å². The maximum absolute atomic E-state index is 12.8. The number of benzene rings is 1. The SMILES string of the molecule is CCO[C@@H]1C[C@@H](C(=O)O)N(S(=O)(=O)c2cc3ccccc3o2)C1. The Hall–Kier alpha value is -1.90. The van der Waals surface area contributed by atoms with Crippen LogP contribution in [0.5, 0.6) is 0 Å². The fourth-order valence-electron chi connectivity index (χ4n) is 2.82. The van der Waals surface area contributed by atoms with Gasteiger partial charge in [-0.2, -0.15) is 4.31 Å². The number of rotatable bonds is 5. The third-order valence-corrected chi connectivity index (χ3v) is 5.60. The van der Waals surface area contributed by atoms with E-state index in [-0.39, 0.29) is 18.1 Å². The van der Waals surface area contributed by atoms with Crippen molar-refractivity contribution in [3.05, 3.63) is 30.3 Å². The Kier molecular flexibility index (Phi) is 4.13. The van der Waals surface area contributed by atoms with Crippen molar-refractivity contribution >= 4 is 27.0 Å². The number of carbonyl (C=O) groups is 1. The van der Waals surface area contributed by atoms with Crippen LogP contribution in [0.3, 0.4) is 0 Å². The zero-order chi connectivity index (χ0) is 16.6. The van der Waals surface area contributed by atoms with Crippen LogP contribution in [0.15, 0.2) is 39.8 Å². The molecule has 1 N–H and O–H groups in total. The molecule has 7 nitrogen and oxygen atoms in total. The maximum atomic E-state index is 12.8. The molecule has 0 saturated carbocycles. The second kappa shape index (κ2) is 5.95. The van der Waals surface area contributed by atoms with Crippen molar-refractivity contribution in [2.75, 3.05) is 13.2 Å². The van der Waals surface area contributed by atoms with Gasteiger partial charge < -0.3 is 14.3 Å². The van der Waals surface area contributed by atoms with Crippen molar-refractivity contribution in [1.29, 1.82) is 0 Å². The lowest BCUT2D eigenvalue weighted by Crippen LogP contribution is -2.40. The highest BCUT2D eigenvalue weighted by molar-refractivity contribution is 7.89. The minimum Gasteiger partial charge on any atom is -0.480 e. The summed E-state index contributed by atoms with van der Waals surface area (Å²) in [6.45, 7) is 2.19. The number of hydrogen-bond donors (Lipinski definition) is 1. The average Bonchev–Trinajstić information content (AvgIpc) is 3.11. The van der Waals surface area contributed by atoms with Crippen LogP contribution >= 0.6 is 0 Å². The second-order valence-electron chi connectivity index (χ2n) is 5.35. The summed E-state index contributed by atoms with van der Waals surface area (Å²) in [6, 6.07) is 7.18. The van der Waals surface area contributed by atoms with Gasteiger partial charge in [-0.1, -0.05) is 18.2 Å². The van der Waals surface area contributed by atoms with E-state index in [1.54, 1.807) is 31.2 Å². The Labute approximate surface area is 133 Å². The number of hydrogen-bond acceptors (Lipinski definition) is 5. The van der Waals surface area contributed by atoms with Gasteiger partial charge in [0.05, 0.1) is 6.10 Å². The fraction of sp³-hybridized carbons (Fsp3) is 0.400. The van der Waals surface area contributed by atoms with E-state index in [4.69, 9.17) is 9.15 Å². The third-order valence-electron chi connectivity index (χ3n) is 3.87. The molecule has 1 aliphatic heterocycles. The highest BCUT2D eigenvalue weighted by Crippen LogP contribution is 2.31. The maximum Gasteiger partial charge on any atom is 0.322 e. The second-order valence-corrected chi connectivity index (χ2v) is 7.17. The summed E-state index contributed by atoms with van der Waals surface area (Å²) in [6.07, 6.45) is -0.303. The first-order valence-corrected chi connectivity index (χ1v) is 8.72. The molecule has 0 radical (unpaired) electrons. The summed E-state index contributed by atoms with van der Waals surface area (Å²) in [7, 11) is -4.04. The van der Waals surface area contributed by atoms with Crippen molar-refractivity contribution in [1.82, 2.24) is 4.31 Å². The van der Waals surface area contributed by atoms with Gasteiger partial charge in [-0.25, -0.2) is 8.42 Å². The number of aliphatic carboxylic acids is 1. The molecule has 0 unspecified atom stereocenters. The quantitative estimate of drug-likeness (QED) is 0.890. The molecule has 0 aliphatic carbocycles. The zero-order valence-corrected chi connectivity index (χ0v) is 13.3. The summed E-state index contributed by atoms with van der Waals surface area (Å²) in [5.74, 6) is -1.19. The van der Waals surface area contributed by atoms with Crippen LogP contribution in [0, 0.1) is 0 Å². The van der Waals surface area contributed by atoms with Crippen LogP contribution in [-0.4, -0.2) is 49.1 Å². The first-order valence-electron chi connectivity index (χ1n) is 7.28. The molecule has 1 saturated heterocycles. The van der Waals surface area contributed by atoms with Crippen LogP contribution in [0.4, 0.5) is 0 Å². The van der Waals surface area contributed by atoms with E-state index in [9.17, 15) is 18.3 Å². The van der Waals surface area contributed by atoms with E-state index in [1.807, 2.05) is 0 Å². The highest BCUT2D eigenvalue weighted by atomic mass is 32.2. The molecule has 1 aliphatic rings. The molecule has 1 aromatic carbocycles. The predicted octanol–water partition coefficient (Wildman–Crippen LogP) is 1.69. The van der Waals surface area contributed by atoms with Gasteiger partial charge in [0, 0.05) is 31.0 Å². The molecule has 8 heteroatoms. The number of carboxylic acid groups (broad SMARTS) is 1. The van der Waals surface area contributed by atoms with Gasteiger partial charge in [-0.3, -0.25) is 4.79 Å². The first kappa shape index (κ1) is 16.0. The first-order chi connectivity index (χ1) is 10.9. The van der Waals surface area contributed by atoms with Crippen LogP contribution in [0.1, 0.15) is 13.3 Å². The van der Waals surface area contributed by atoms with E-state index in [0.29, 0.717) is 17.6 Å². The van der Waals surface area contributed by atoms with Gasteiger partial charge in [-0.05, 0) is 13.0 Å². The number of nitrogens with zero attached hydrogens (tertiary/aromatic N) is 1. The van der Waals surface area contributed by atoms with Gasteiger partial charge in [0.25, 0.3) is 10.0 Å². The van der Waals surface area contributed by atoms with Crippen LogP contribution in [0.2, 0.25) is 0 Å². The van der Waals surface area contributed by atoms with Crippen molar-refractivity contribution in [3.8, 4) is 0 Å². The van der Waals surface area contributed by atoms with E-state index in [2.05, 4.69) is 0 Å². The normalized spacial score (nSPS) is 22.7. The van der Waals surface area contributed by atoms with E-state index in [0.717, 1.165) is 4.31 Å². The number of furan rings is 1. The topological polar surface area (TPSA) is 97.0 Å². The van der Waals surface area contributed by atoms with E-state index >= 15 is 0 Å². The summed E-state index contributed by atoms with van der Waals surface area (Å²) >= 11 is 0. The van der Waals surface area contributed by atoms with Crippen molar-refractivity contribution in [2.45, 2.75) is 30.6 Å². The summed E-state index contributed by atoms with van der Waals surface area (Å²) < 4.78 is 37.3. The monoisotopic (exact) mass is 339 g/mol. The average molecular weight is 339 g/mol. The molecule has 2 atom stereocenters. The molecule has 0 amide bonds. The Morgan fingerprint density at radius 1 is 1.43 bits per heavy atom.